The molecule has 0 spiro atoms. The van der Waals surface area contributed by atoms with Gasteiger partial charge in [-0.05, 0) is 36.2 Å². The van der Waals surface area contributed by atoms with E-state index in [1.54, 1.807) is 0 Å². The van der Waals surface area contributed by atoms with Gasteiger partial charge in [0.15, 0.2) is 15.0 Å². The van der Waals surface area contributed by atoms with Crippen LogP contribution in [0.2, 0.25) is 0 Å². The Bertz CT molecular complexity index is 1070. The SMILES string of the molecule is CC[C@H](C)C(=O)N=C1S[C@@H]2CS(=O)(=O)C[C@H]2N1c1ccc(OCc2ccccc2)cc1. The summed E-state index contributed by atoms with van der Waals surface area (Å²) in [7, 11) is -3.09. The fraction of sp³-hybridized carbons (Fsp3) is 0.391. The van der Waals surface area contributed by atoms with E-state index in [-0.39, 0.29) is 34.6 Å². The lowest BCUT2D eigenvalue weighted by atomic mass is 10.1. The molecule has 2 aliphatic heterocycles. The first-order chi connectivity index (χ1) is 14.9. The van der Waals surface area contributed by atoms with Crippen molar-refractivity contribution < 1.29 is 17.9 Å². The highest BCUT2D eigenvalue weighted by atomic mass is 32.2. The number of ether oxygens (including phenoxy) is 1. The molecular weight excluding hydrogens is 432 g/mol. The van der Waals surface area contributed by atoms with Crippen molar-refractivity contribution in [1.82, 2.24) is 0 Å². The minimum atomic E-state index is -3.09. The number of nitrogens with zero attached hydrogens (tertiary/aromatic N) is 2. The number of benzene rings is 2. The van der Waals surface area contributed by atoms with Gasteiger partial charge in [-0.15, -0.1) is 0 Å². The van der Waals surface area contributed by atoms with Gasteiger partial charge in [-0.1, -0.05) is 55.9 Å². The molecule has 2 fully saturated rings. The van der Waals surface area contributed by atoms with E-state index in [1.807, 2.05) is 73.3 Å². The molecule has 0 aliphatic carbocycles. The summed E-state index contributed by atoms with van der Waals surface area (Å²) in [6, 6.07) is 17.3. The van der Waals surface area contributed by atoms with Crippen LogP contribution in [0.1, 0.15) is 25.8 Å². The molecule has 6 nitrogen and oxygen atoms in total. The number of carbonyl (C=O) groups is 1. The van der Waals surface area contributed by atoms with Gasteiger partial charge in [0.25, 0.3) is 5.91 Å². The normalized spacial score (nSPS) is 24.2. The van der Waals surface area contributed by atoms with Gasteiger partial charge in [-0.2, -0.15) is 4.99 Å². The van der Waals surface area contributed by atoms with Gasteiger partial charge in [0.2, 0.25) is 0 Å². The Hall–Kier alpha value is -2.32. The molecule has 164 valence electrons. The molecular formula is C23H26N2O4S2. The lowest BCUT2D eigenvalue weighted by molar-refractivity contribution is -0.121. The lowest BCUT2D eigenvalue weighted by Crippen LogP contribution is -2.37. The van der Waals surface area contributed by atoms with Crippen LogP contribution in [-0.4, -0.2) is 42.3 Å². The van der Waals surface area contributed by atoms with E-state index in [0.717, 1.165) is 23.4 Å². The predicted octanol–water partition coefficient (Wildman–Crippen LogP) is 3.91. The predicted molar refractivity (Wildman–Crippen MR) is 125 cm³/mol. The summed E-state index contributed by atoms with van der Waals surface area (Å²) in [6.45, 7) is 4.29. The molecule has 1 amide bonds. The fourth-order valence-electron chi connectivity index (χ4n) is 3.69. The molecule has 0 N–H and O–H groups in total. The van der Waals surface area contributed by atoms with Crippen LogP contribution in [-0.2, 0) is 21.2 Å². The zero-order chi connectivity index (χ0) is 22.0. The summed E-state index contributed by atoms with van der Waals surface area (Å²) < 4.78 is 30.3. The Balaban J connectivity index is 1.56. The number of sulfone groups is 1. The number of amides is 1. The standard InChI is InChI=1S/C23H26N2O4S2/c1-3-16(2)22(26)24-23-25(20-14-31(27,28)15-21(20)30-23)18-9-11-19(12-10-18)29-13-17-7-5-4-6-8-17/h4-12,16,20-21H,3,13-15H2,1-2H3/t16-,20+,21+/m0/s1. The number of aliphatic imine (C=N–C) groups is 1. The minimum Gasteiger partial charge on any atom is -0.489 e. The van der Waals surface area contributed by atoms with Crippen LogP contribution >= 0.6 is 11.8 Å². The van der Waals surface area contributed by atoms with Crippen LogP contribution < -0.4 is 9.64 Å². The number of rotatable bonds is 6. The molecule has 8 heteroatoms. The van der Waals surface area contributed by atoms with E-state index in [0.29, 0.717) is 11.8 Å². The summed E-state index contributed by atoms with van der Waals surface area (Å²) in [5.41, 5.74) is 1.90. The fourth-order valence-corrected chi connectivity index (χ4v) is 7.61. The number of hydrogen-bond acceptors (Lipinski definition) is 5. The molecule has 0 aromatic heterocycles. The van der Waals surface area contributed by atoms with Crippen molar-refractivity contribution in [2.24, 2.45) is 10.9 Å². The molecule has 0 unspecified atom stereocenters. The largest absolute Gasteiger partial charge is 0.489 e. The molecule has 0 radical (unpaired) electrons. The van der Waals surface area contributed by atoms with Crippen molar-refractivity contribution in [3.8, 4) is 5.75 Å². The zero-order valence-corrected chi connectivity index (χ0v) is 19.2. The van der Waals surface area contributed by atoms with E-state index in [4.69, 9.17) is 4.74 Å². The highest BCUT2D eigenvalue weighted by Crippen LogP contribution is 2.41. The summed E-state index contributed by atoms with van der Waals surface area (Å²) in [5.74, 6) is 0.596. The maximum atomic E-state index is 12.5. The lowest BCUT2D eigenvalue weighted by Gasteiger charge is -2.25. The van der Waals surface area contributed by atoms with Gasteiger partial charge in [0, 0.05) is 16.9 Å². The van der Waals surface area contributed by atoms with Crippen molar-refractivity contribution >= 4 is 38.4 Å². The number of carbonyl (C=O) groups excluding carboxylic acids is 1. The maximum Gasteiger partial charge on any atom is 0.250 e. The third-order valence-corrected chi connectivity index (χ3v) is 8.88. The van der Waals surface area contributed by atoms with Crippen LogP contribution in [0.4, 0.5) is 5.69 Å². The highest BCUT2D eigenvalue weighted by Gasteiger charge is 2.49. The Morgan fingerprint density at radius 3 is 2.55 bits per heavy atom. The van der Waals surface area contributed by atoms with E-state index in [2.05, 4.69) is 4.99 Å². The van der Waals surface area contributed by atoms with Crippen molar-refractivity contribution in [3.05, 3.63) is 60.2 Å². The first-order valence-corrected chi connectivity index (χ1v) is 13.1. The molecule has 2 aromatic rings. The third kappa shape index (κ3) is 4.96. The average Bonchev–Trinajstić information content (AvgIpc) is 3.23. The van der Waals surface area contributed by atoms with E-state index in [9.17, 15) is 13.2 Å². The van der Waals surface area contributed by atoms with Gasteiger partial charge < -0.3 is 9.64 Å². The molecule has 0 bridgehead atoms. The summed E-state index contributed by atoms with van der Waals surface area (Å²) in [5, 5.41) is 0.482. The number of hydrogen-bond donors (Lipinski definition) is 0. The van der Waals surface area contributed by atoms with E-state index >= 15 is 0 Å². The quantitative estimate of drug-likeness (QED) is 0.653. The number of amidine groups is 1. The molecule has 2 saturated heterocycles. The smallest absolute Gasteiger partial charge is 0.250 e. The number of thioether (sulfide) groups is 1. The Labute approximate surface area is 187 Å². The Morgan fingerprint density at radius 1 is 1.16 bits per heavy atom. The average molecular weight is 459 g/mol. The third-order valence-electron chi connectivity index (χ3n) is 5.67. The van der Waals surface area contributed by atoms with Crippen LogP contribution in [0.25, 0.3) is 0 Å². The first-order valence-electron chi connectivity index (χ1n) is 10.4. The van der Waals surface area contributed by atoms with Crippen LogP contribution in [0, 0.1) is 5.92 Å². The summed E-state index contributed by atoms with van der Waals surface area (Å²) in [6.07, 6.45) is 0.717. The van der Waals surface area contributed by atoms with E-state index < -0.39 is 9.84 Å². The van der Waals surface area contributed by atoms with Gasteiger partial charge in [0.05, 0.1) is 17.5 Å². The number of fused-ring (bicyclic) bond motifs is 1. The summed E-state index contributed by atoms with van der Waals surface area (Å²) >= 11 is 1.40. The second kappa shape index (κ2) is 9.04. The van der Waals surface area contributed by atoms with E-state index in [1.165, 1.54) is 11.8 Å². The molecule has 2 aromatic carbocycles. The van der Waals surface area contributed by atoms with Crippen LogP contribution in [0.15, 0.2) is 59.6 Å². The second-order valence-corrected chi connectivity index (χ2v) is 11.3. The maximum absolute atomic E-state index is 12.5. The topological polar surface area (TPSA) is 76.0 Å². The van der Waals surface area contributed by atoms with Gasteiger partial charge in [-0.25, -0.2) is 8.42 Å². The minimum absolute atomic E-state index is 0.0769. The van der Waals surface area contributed by atoms with Crippen LogP contribution in [0.3, 0.4) is 0 Å². The van der Waals surface area contributed by atoms with Crippen LogP contribution in [0.5, 0.6) is 5.75 Å². The van der Waals surface area contributed by atoms with Gasteiger partial charge >= 0.3 is 0 Å². The Kier molecular flexibility index (Phi) is 6.39. The highest BCUT2D eigenvalue weighted by molar-refractivity contribution is 8.16. The zero-order valence-electron chi connectivity index (χ0n) is 17.6. The monoisotopic (exact) mass is 458 g/mol. The van der Waals surface area contributed by atoms with Gasteiger partial charge in [-0.3, -0.25) is 4.79 Å². The second-order valence-electron chi connectivity index (χ2n) is 7.98. The molecule has 4 rings (SSSR count). The van der Waals surface area contributed by atoms with Crippen molar-refractivity contribution in [1.29, 1.82) is 0 Å². The molecule has 3 atom stereocenters. The first kappa shape index (κ1) is 21.9. The van der Waals surface area contributed by atoms with Crippen molar-refractivity contribution in [2.45, 2.75) is 38.2 Å². The molecule has 2 heterocycles. The molecule has 2 aliphatic rings. The Morgan fingerprint density at radius 2 is 1.87 bits per heavy atom. The molecule has 31 heavy (non-hydrogen) atoms. The van der Waals surface area contributed by atoms with Crippen molar-refractivity contribution in [3.63, 3.8) is 0 Å². The summed E-state index contributed by atoms with van der Waals surface area (Å²) in [4.78, 5) is 18.8. The van der Waals surface area contributed by atoms with Gasteiger partial charge in [0.1, 0.15) is 12.4 Å². The molecule has 0 saturated carbocycles. The van der Waals surface area contributed by atoms with Crippen molar-refractivity contribution in [2.75, 3.05) is 16.4 Å². The number of anilines is 1.